The predicted octanol–water partition coefficient (Wildman–Crippen LogP) is 2.52. The maximum absolute atomic E-state index is 11.9. The third-order valence-electron chi connectivity index (χ3n) is 3.39. The Morgan fingerprint density at radius 3 is 2.89 bits per heavy atom. The van der Waals surface area contributed by atoms with Gasteiger partial charge in [0.25, 0.3) is 5.91 Å². The molecule has 0 saturated carbocycles. The average Bonchev–Trinajstić information content (AvgIpc) is 2.90. The summed E-state index contributed by atoms with van der Waals surface area (Å²) in [6, 6.07) is 1.98. The lowest BCUT2D eigenvalue weighted by Gasteiger charge is -2.08. The molecule has 1 aromatic heterocycles. The Kier molecular flexibility index (Phi) is 6.12. The van der Waals surface area contributed by atoms with Crippen molar-refractivity contribution in [2.24, 2.45) is 5.92 Å². The van der Waals surface area contributed by atoms with Crippen LogP contribution < -0.4 is 10.6 Å². The van der Waals surface area contributed by atoms with Crippen LogP contribution in [0.2, 0.25) is 0 Å². The molecule has 1 amide bonds. The Morgan fingerprint density at radius 1 is 1.56 bits per heavy atom. The summed E-state index contributed by atoms with van der Waals surface area (Å²) in [6.07, 6.45) is 2.33. The first-order chi connectivity index (χ1) is 8.16. The lowest BCUT2D eigenvalue weighted by atomic mass is 10.1. The van der Waals surface area contributed by atoms with Crippen LogP contribution in [0.1, 0.15) is 33.0 Å². The Morgan fingerprint density at radius 2 is 2.33 bits per heavy atom. The maximum Gasteiger partial charge on any atom is 0.261 e. The van der Waals surface area contributed by atoms with Gasteiger partial charge in [-0.25, -0.2) is 0 Å². The largest absolute Gasteiger partial charge is 0.351 e. The smallest absolute Gasteiger partial charge is 0.261 e. The van der Waals surface area contributed by atoms with Crippen LogP contribution in [0.5, 0.6) is 0 Å². The molecule has 1 unspecified atom stereocenters. The summed E-state index contributed by atoms with van der Waals surface area (Å²) < 4.78 is 0. The summed E-state index contributed by atoms with van der Waals surface area (Å²) in [7, 11) is 0. The maximum atomic E-state index is 11.9. The van der Waals surface area contributed by atoms with Crippen molar-refractivity contribution in [1.82, 2.24) is 10.6 Å². The second kappa shape index (κ2) is 7.12. The summed E-state index contributed by atoms with van der Waals surface area (Å²) in [4.78, 5) is 13.9. The number of hydrogen-bond donors (Lipinski definition) is 2. The highest BCUT2D eigenvalue weighted by atomic mass is 35.5. The van der Waals surface area contributed by atoms with E-state index in [1.165, 1.54) is 16.9 Å². The van der Waals surface area contributed by atoms with E-state index in [-0.39, 0.29) is 18.3 Å². The molecule has 2 N–H and O–H groups in total. The molecule has 1 aliphatic heterocycles. The Bertz CT molecular complexity index is 380. The zero-order valence-corrected chi connectivity index (χ0v) is 12.5. The number of carbonyl (C=O) groups excluding carboxylic acids is 1. The van der Waals surface area contributed by atoms with Crippen molar-refractivity contribution in [2.45, 2.75) is 26.7 Å². The molecule has 0 bridgehead atoms. The standard InChI is InChI=1S/C13H20N2OS.ClH/c1-9-7-12(17-10(9)2)13(16)15-6-4-11-3-5-14-8-11;/h7,11,14H,3-6,8H2,1-2H3,(H,15,16);1H. The third kappa shape index (κ3) is 3.97. The number of hydrogen-bond acceptors (Lipinski definition) is 3. The van der Waals surface area contributed by atoms with E-state index in [0.29, 0.717) is 0 Å². The van der Waals surface area contributed by atoms with Gasteiger partial charge >= 0.3 is 0 Å². The highest BCUT2D eigenvalue weighted by molar-refractivity contribution is 7.14. The fourth-order valence-corrected chi connectivity index (χ4v) is 3.07. The van der Waals surface area contributed by atoms with Gasteiger partial charge in [0.1, 0.15) is 0 Å². The Hall–Kier alpha value is -0.580. The summed E-state index contributed by atoms with van der Waals surface area (Å²) in [5.74, 6) is 0.819. The molecule has 5 heteroatoms. The van der Waals surface area contributed by atoms with E-state index in [0.717, 1.165) is 36.9 Å². The number of amides is 1. The van der Waals surface area contributed by atoms with Gasteiger partial charge in [-0.05, 0) is 57.3 Å². The summed E-state index contributed by atoms with van der Waals surface area (Å²) >= 11 is 1.58. The van der Waals surface area contributed by atoms with E-state index in [1.807, 2.05) is 13.0 Å². The van der Waals surface area contributed by atoms with Crippen LogP contribution in [-0.2, 0) is 0 Å². The fourth-order valence-electron chi connectivity index (χ4n) is 2.12. The van der Waals surface area contributed by atoms with Gasteiger partial charge in [0.15, 0.2) is 0 Å². The molecule has 18 heavy (non-hydrogen) atoms. The van der Waals surface area contributed by atoms with Gasteiger partial charge in [0.2, 0.25) is 0 Å². The van der Waals surface area contributed by atoms with Crippen molar-refractivity contribution < 1.29 is 4.79 Å². The zero-order chi connectivity index (χ0) is 12.3. The molecule has 1 fully saturated rings. The van der Waals surface area contributed by atoms with Crippen molar-refractivity contribution in [3.8, 4) is 0 Å². The van der Waals surface area contributed by atoms with Crippen molar-refractivity contribution in [2.75, 3.05) is 19.6 Å². The number of rotatable bonds is 4. The molecule has 3 nitrogen and oxygen atoms in total. The minimum absolute atomic E-state index is 0. The third-order valence-corrected chi connectivity index (χ3v) is 4.54. The van der Waals surface area contributed by atoms with Gasteiger partial charge in [0.05, 0.1) is 4.88 Å². The SMILES string of the molecule is Cc1cc(C(=O)NCCC2CCNC2)sc1C.Cl. The number of carbonyl (C=O) groups is 1. The predicted molar refractivity (Wildman–Crippen MR) is 79.0 cm³/mol. The number of aryl methyl sites for hydroxylation is 2. The minimum Gasteiger partial charge on any atom is -0.351 e. The first-order valence-electron chi connectivity index (χ1n) is 6.23. The van der Waals surface area contributed by atoms with E-state index in [2.05, 4.69) is 17.6 Å². The van der Waals surface area contributed by atoms with Gasteiger partial charge < -0.3 is 10.6 Å². The number of halogens is 1. The fraction of sp³-hybridized carbons (Fsp3) is 0.615. The van der Waals surface area contributed by atoms with E-state index in [9.17, 15) is 4.79 Å². The molecular formula is C13H21ClN2OS. The average molecular weight is 289 g/mol. The molecule has 1 atom stereocenters. The highest BCUT2D eigenvalue weighted by Crippen LogP contribution is 2.20. The summed E-state index contributed by atoms with van der Waals surface area (Å²) in [5, 5.41) is 6.35. The molecule has 0 aromatic carbocycles. The van der Waals surface area contributed by atoms with E-state index in [4.69, 9.17) is 0 Å². The molecule has 2 rings (SSSR count). The minimum atomic E-state index is 0. The monoisotopic (exact) mass is 288 g/mol. The van der Waals surface area contributed by atoms with Crippen LogP contribution in [0.15, 0.2) is 6.07 Å². The molecule has 102 valence electrons. The Balaban J connectivity index is 0.00000162. The van der Waals surface area contributed by atoms with Crippen LogP contribution in [0.25, 0.3) is 0 Å². The molecule has 1 aliphatic rings. The lowest BCUT2D eigenvalue weighted by molar-refractivity contribution is 0.0955. The van der Waals surface area contributed by atoms with E-state index in [1.54, 1.807) is 11.3 Å². The second-order valence-corrected chi connectivity index (χ2v) is 6.01. The molecule has 0 spiro atoms. The quantitative estimate of drug-likeness (QED) is 0.894. The highest BCUT2D eigenvalue weighted by Gasteiger charge is 2.15. The van der Waals surface area contributed by atoms with E-state index < -0.39 is 0 Å². The van der Waals surface area contributed by atoms with Crippen molar-refractivity contribution >= 4 is 29.7 Å². The van der Waals surface area contributed by atoms with Crippen molar-refractivity contribution in [1.29, 1.82) is 0 Å². The van der Waals surface area contributed by atoms with Crippen LogP contribution in [0.3, 0.4) is 0 Å². The van der Waals surface area contributed by atoms with Gasteiger partial charge in [-0.3, -0.25) is 4.79 Å². The van der Waals surface area contributed by atoms with E-state index >= 15 is 0 Å². The van der Waals surface area contributed by atoms with Gasteiger partial charge in [0, 0.05) is 11.4 Å². The molecular weight excluding hydrogens is 268 g/mol. The number of thiophene rings is 1. The normalized spacial score (nSPS) is 18.4. The van der Waals surface area contributed by atoms with Crippen LogP contribution >= 0.6 is 23.7 Å². The lowest BCUT2D eigenvalue weighted by Crippen LogP contribution is -2.25. The molecule has 1 saturated heterocycles. The summed E-state index contributed by atoms with van der Waals surface area (Å²) in [6.45, 7) is 7.13. The molecule has 0 radical (unpaired) electrons. The molecule has 0 aliphatic carbocycles. The number of nitrogens with one attached hydrogen (secondary N) is 2. The second-order valence-electron chi connectivity index (χ2n) is 4.75. The Labute approximate surface area is 119 Å². The van der Waals surface area contributed by atoms with Gasteiger partial charge in [-0.15, -0.1) is 23.7 Å². The molecule has 2 heterocycles. The van der Waals surface area contributed by atoms with Crippen LogP contribution in [-0.4, -0.2) is 25.5 Å². The first kappa shape index (κ1) is 15.5. The van der Waals surface area contributed by atoms with Gasteiger partial charge in [-0.1, -0.05) is 0 Å². The zero-order valence-electron chi connectivity index (χ0n) is 10.9. The molecule has 1 aromatic rings. The van der Waals surface area contributed by atoms with Crippen LogP contribution in [0.4, 0.5) is 0 Å². The van der Waals surface area contributed by atoms with Crippen LogP contribution in [0, 0.1) is 19.8 Å². The summed E-state index contributed by atoms with van der Waals surface area (Å²) in [5.41, 5.74) is 1.21. The first-order valence-corrected chi connectivity index (χ1v) is 7.04. The van der Waals surface area contributed by atoms with Crippen molar-refractivity contribution in [3.05, 3.63) is 21.4 Å². The topological polar surface area (TPSA) is 41.1 Å². The van der Waals surface area contributed by atoms with Gasteiger partial charge in [-0.2, -0.15) is 0 Å². The van der Waals surface area contributed by atoms with Crippen molar-refractivity contribution in [3.63, 3.8) is 0 Å².